The number of halogens is 1. The molecule has 2 aromatic rings. The number of methoxy groups -OCH3 is 1. The topological polar surface area (TPSA) is 71.5 Å². The van der Waals surface area contributed by atoms with E-state index in [1.54, 1.807) is 24.4 Å². The number of hydrogen-bond donors (Lipinski definition) is 1. The van der Waals surface area contributed by atoms with Gasteiger partial charge in [0.05, 0.1) is 23.4 Å². The first kappa shape index (κ1) is 19.2. The number of aromatic nitrogens is 1. The molecule has 1 N–H and O–H groups in total. The molecule has 1 aliphatic heterocycles. The number of nitrogens with zero attached hydrogens (tertiary/aromatic N) is 2. The van der Waals surface area contributed by atoms with Gasteiger partial charge in [-0.15, -0.1) is 0 Å². The molecule has 1 saturated heterocycles. The van der Waals surface area contributed by atoms with Crippen LogP contribution in [0.5, 0.6) is 0 Å². The van der Waals surface area contributed by atoms with Gasteiger partial charge in [-0.2, -0.15) is 0 Å². The van der Waals surface area contributed by atoms with Crippen molar-refractivity contribution in [3.63, 3.8) is 0 Å². The number of carbonyl (C=O) groups excluding carboxylic acids is 2. The maximum absolute atomic E-state index is 12.6. The largest absolute Gasteiger partial charge is 0.465 e. The van der Waals surface area contributed by atoms with E-state index in [1.165, 1.54) is 19.6 Å². The standard InChI is InChI=1S/C20H22ClN3O3/c1-13-4-3-9-24(12-13)15-7-8-22-18(11-15)19(25)23-17-10-14(20(26)27-2)5-6-16(17)21/h5-8,10-11,13H,3-4,9,12H2,1-2H3,(H,23,25). The molecule has 3 rings (SSSR count). The fourth-order valence-corrected chi connectivity index (χ4v) is 3.38. The molecule has 1 aromatic carbocycles. The number of rotatable bonds is 4. The molecule has 0 radical (unpaired) electrons. The lowest BCUT2D eigenvalue weighted by atomic mass is 10.00. The second-order valence-electron chi connectivity index (χ2n) is 6.73. The minimum Gasteiger partial charge on any atom is -0.465 e. The quantitative estimate of drug-likeness (QED) is 0.802. The van der Waals surface area contributed by atoms with E-state index in [-0.39, 0.29) is 5.91 Å². The van der Waals surface area contributed by atoms with Crippen molar-refractivity contribution in [1.29, 1.82) is 0 Å². The Morgan fingerprint density at radius 1 is 1.30 bits per heavy atom. The molecule has 0 spiro atoms. The molecule has 1 aromatic heterocycles. The van der Waals surface area contributed by atoms with Crippen molar-refractivity contribution in [3.8, 4) is 0 Å². The molecule has 1 unspecified atom stereocenters. The number of amides is 1. The third-order valence-electron chi connectivity index (χ3n) is 4.63. The average molecular weight is 388 g/mol. The second-order valence-corrected chi connectivity index (χ2v) is 7.14. The second kappa shape index (κ2) is 8.39. The fraction of sp³-hybridized carbons (Fsp3) is 0.350. The average Bonchev–Trinajstić information content (AvgIpc) is 2.69. The van der Waals surface area contributed by atoms with Crippen LogP contribution in [0.3, 0.4) is 0 Å². The van der Waals surface area contributed by atoms with Gasteiger partial charge in [-0.25, -0.2) is 4.79 Å². The lowest BCUT2D eigenvalue weighted by Crippen LogP contribution is -2.34. The summed E-state index contributed by atoms with van der Waals surface area (Å²) in [6.07, 6.45) is 4.00. The summed E-state index contributed by atoms with van der Waals surface area (Å²) in [4.78, 5) is 30.8. The monoisotopic (exact) mass is 387 g/mol. The van der Waals surface area contributed by atoms with Crippen molar-refractivity contribution >= 4 is 34.9 Å². The number of ether oxygens (including phenoxy) is 1. The molecule has 1 fully saturated rings. The van der Waals surface area contributed by atoms with Crippen LogP contribution in [0.25, 0.3) is 0 Å². The Labute approximate surface area is 163 Å². The number of pyridine rings is 1. The summed E-state index contributed by atoms with van der Waals surface area (Å²) < 4.78 is 4.70. The van der Waals surface area contributed by atoms with E-state index < -0.39 is 5.97 Å². The highest BCUT2D eigenvalue weighted by Crippen LogP contribution is 2.26. The summed E-state index contributed by atoms with van der Waals surface area (Å²) in [6, 6.07) is 8.27. The van der Waals surface area contributed by atoms with Crippen LogP contribution >= 0.6 is 11.6 Å². The van der Waals surface area contributed by atoms with Crippen molar-refractivity contribution in [3.05, 3.63) is 52.8 Å². The van der Waals surface area contributed by atoms with Gasteiger partial charge >= 0.3 is 5.97 Å². The van der Waals surface area contributed by atoms with E-state index in [0.717, 1.165) is 25.2 Å². The summed E-state index contributed by atoms with van der Waals surface area (Å²) in [5.74, 6) is -0.253. The summed E-state index contributed by atoms with van der Waals surface area (Å²) in [5, 5.41) is 3.06. The summed E-state index contributed by atoms with van der Waals surface area (Å²) >= 11 is 6.15. The van der Waals surface area contributed by atoms with E-state index in [1.807, 2.05) is 6.07 Å². The third kappa shape index (κ3) is 4.57. The van der Waals surface area contributed by atoms with Crippen LogP contribution in [0.2, 0.25) is 5.02 Å². The molecule has 0 aliphatic carbocycles. The molecular weight excluding hydrogens is 366 g/mol. The van der Waals surface area contributed by atoms with Gasteiger partial charge in [-0.3, -0.25) is 9.78 Å². The zero-order valence-corrected chi connectivity index (χ0v) is 16.1. The highest BCUT2D eigenvalue weighted by Gasteiger charge is 2.19. The highest BCUT2D eigenvalue weighted by atomic mass is 35.5. The zero-order chi connectivity index (χ0) is 19.4. The van der Waals surface area contributed by atoms with Crippen molar-refractivity contribution in [2.45, 2.75) is 19.8 Å². The number of esters is 1. The summed E-state index contributed by atoms with van der Waals surface area (Å²) in [5.41, 5.74) is 1.92. The molecular formula is C20H22ClN3O3. The van der Waals surface area contributed by atoms with E-state index in [2.05, 4.69) is 22.1 Å². The number of piperidine rings is 1. The van der Waals surface area contributed by atoms with Crippen LogP contribution in [-0.2, 0) is 4.74 Å². The normalized spacial score (nSPS) is 16.7. The SMILES string of the molecule is COC(=O)c1ccc(Cl)c(NC(=O)c2cc(N3CCCC(C)C3)ccn2)c1. The van der Waals surface area contributed by atoms with E-state index in [9.17, 15) is 9.59 Å². The summed E-state index contributed by atoms with van der Waals surface area (Å²) in [6.45, 7) is 4.18. The minimum atomic E-state index is -0.499. The van der Waals surface area contributed by atoms with Gasteiger partial charge < -0.3 is 15.0 Å². The first-order valence-corrected chi connectivity index (χ1v) is 9.26. The number of benzene rings is 1. The van der Waals surface area contributed by atoms with Crippen LogP contribution in [0, 0.1) is 5.92 Å². The van der Waals surface area contributed by atoms with E-state index in [4.69, 9.17) is 16.3 Å². The van der Waals surface area contributed by atoms with Crippen LogP contribution in [0.1, 0.15) is 40.6 Å². The van der Waals surface area contributed by atoms with Crippen LogP contribution in [-0.4, -0.2) is 37.1 Å². The van der Waals surface area contributed by atoms with Crippen molar-refractivity contribution < 1.29 is 14.3 Å². The van der Waals surface area contributed by atoms with Gasteiger partial charge in [0, 0.05) is 25.0 Å². The Bertz CT molecular complexity index is 856. The van der Waals surface area contributed by atoms with Gasteiger partial charge in [0.15, 0.2) is 0 Å². The van der Waals surface area contributed by atoms with Crippen LogP contribution < -0.4 is 10.2 Å². The maximum Gasteiger partial charge on any atom is 0.337 e. The molecule has 0 saturated carbocycles. The first-order chi connectivity index (χ1) is 13.0. The highest BCUT2D eigenvalue weighted by molar-refractivity contribution is 6.34. The molecule has 2 heterocycles. The van der Waals surface area contributed by atoms with Crippen molar-refractivity contribution in [2.24, 2.45) is 5.92 Å². The van der Waals surface area contributed by atoms with E-state index >= 15 is 0 Å². The molecule has 1 atom stereocenters. The Kier molecular flexibility index (Phi) is 5.96. The molecule has 1 aliphatic rings. The Hall–Kier alpha value is -2.60. The lowest BCUT2D eigenvalue weighted by molar-refractivity contribution is 0.0600. The molecule has 142 valence electrons. The smallest absolute Gasteiger partial charge is 0.337 e. The summed E-state index contributed by atoms with van der Waals surface area (Å²) in [7, 11) is 1.30. The fourth-order valence-electron chi connectivity index (χ4n) is 3.22. The Balaban J connectivity index is 1.79. The Morgan fingerprint density at radius 2 is 2.11 bits per heavy atom. The number of anilines is 2. The van der Waals surface area contributed by atoms with Crippen LogP contribution in [0.15, 0.2) is 36.5 Å². The molecule has 0 bridgehead atoms. The molecule has 7 heteroatoms. The predicted octanol–water partition coefficient (Wildman–Crippen LogP) is 4.01. The number of hydrogen-bond acceptors (Lipinski definition) is 5. The van der Waals surface area contributed by atoms with Crippen LogP contribution in [0.4, 0.5) is 11.4 Å². The van der Waals surface area contributed by atoms with Crippen molar-refractivity contribution in [2.75, 3.05) is 30.4 Å². The third-order valence-corrected chi connectivity index (χ3v) is 4.96. The predicted molar refractivity (Wildman–Crippen MR) is 106 cm³/mol. The molecule has 27 heavy (non-hydrogen) atoms. The van der Waals surface area contributed by atoms with Gasteiger partial charge in [-0.1, -0.05) is 18.5 Å². The first-order valence-electron chi connectivity index (χ1n) is 8.88. The lowest BCUT2D eigenvalue weighted by Gasteiger charge is -2.32. The van der Waals surface area contributed by atoms with Crippen molar-refractivity contribution in [1.82, 2.24) is 4.98 Å². The van der Waals surface area contributed by atoms with Gasteiger partial charge in [0.2, 0.25) is 0 Å². The minimum absolute atomic E-state index is 0.297. The van der Waals surface area contributed by atoms with Gasteiger partial charge in [-0.05, 0) is 49.1 Å². The molecule has 6 nitrogen and oxygen atoms in total. The van der Waals surface area contributed by atoms with Gasteiger partial charge in [0.25, 0.3) is 5.91 Å². The van der Waals surface area contributed by atoms with E-state index in [0.29, 0.717) is 27.9 Å². The van der Waals surface area contributed by atoms with Gasteiger partial charge in [0.1, 0.15) is 5.69 Å². The molecule has 1 amide bonds. The Morgan fingerprint density at radius 3 is 2.85 bits per heavy atom. The zero-order valence-electron chi connectivity index (χ0n) is 15.4. The number of carbonyl (C=O) groups is 2. The number of nitrogens with one attached hydrogen (secondary N) is 1. The maximum atomic E-state index is 12.6.